The molecule has 0 fully saturated rings. The topological polar surface area (TPSA) is 81.4 Å². The third-order valence-corrected chi connectivity index (χ3v) is 4.76. The number of hydrogen-bond donors (Lipinski definition) is 1. The minimum Gasteiger partial charge on any atom is -0.463 e. The van der Waals surface area contributed by atoms with Crippen LogP contribution in [0.5, 0.6) is 0 Å². The number of carbonyl (C=O) groups excluding carboxylic acids is 2. The maximum Gasteiger partial charge on any atom is 0.339 e. The Hall–Kier alpha value is -3.64. The van der Waals surface area contributed by atoms with Gasteiger partial charge in [-0.3, -0.25) is 4.79 Å². The zero-order chi connectivity index (χ0) is 21.1. The summed E-state index contributed by atoms with van der Waals surface area (Å²) in [5, 5.41) is 3.68. The highest BCUT2D eigenvalue weighted by Gasteiger charge is 2.17. The van der Waals surface area contributed by atoms with Crippen molar-refractivity contribution in [3.63, 3.8) is 0 Å². The van der Waals surface area contributed by atoms with E-state index in [4.69, 9.17) is 20.8 Å². The van der Waals surface area contributed by atoms with Gasteiger partial charge in [0.05, 0.1) is 28.1 Å². The van der Waals surface area contributed by atoms with Gasteiger partial charge in [-0.2, -0.15) is 0 Å². The van der Waals surface area contributed by atoms with Crippen molar-refractivity contribution in [2.45, 2.75) is 6.92 Å². The smallest absolute Gasteiger partial charge is 0.339 e. The van der Waals surface area contributed by atoms with Crippen molar-refractivity contribution in [1.29, 1.82) is 0 Å². The average Bonchev–Trinajstić information content (AvgIpc) is 3.28. The number of pyridine rings is 1. The Labute approximate surface area is 177 Å². The molecule has 0 aliphatic carbocycles. The second-order valence-electron chi connectivity index (χ2n) is 6.66. The van der Waals surface area contributed by atoms with Crippen LogP contribution in [0.4, 0.5) is 5.69 Å². The summed E-state index contributed by atoms with van der Waals surface area (Å²) in [6.07, 6.45) is 1.53. The summed E-state index contributed by atoms with van der Waals surface area (Å²) < 4.78 is 10.6. The van der Waals surface area contributed by atoms with E-state index in [1.165, 1.54) is 6.26 Å². The number of benzene rings is 2. The quantitative estimate of drug-likeness (QED) is 0.446. The SMILES string of the molecule is Cc1ccc(NC(=O)COC(=O)c2cc(-c3ccco3)nc3ccccc23)c(Cl)c1. The summed E-state index contributed by atoms with van der Waals surface area (Å²) >= 11 is 6.13. The first-order valence-corrected chi connectivity index (χ1v) is 9.56. The summed E-state index contributed by atoms with van der Waals surface area (Å²) in [4.78, 5) is 29.5. The molecule has 2 aromatic carbocycles. The molecular weight excluding hydrogens is 404 g/mol. The fourth-order valence-corrected chi connectivity index (χ4v) is 3.29. The first-order chi connectivity index (χ1) is 14.5. The molecule has 2 aromatic heterocycles. The normalized spacial score (nSPS) is 10.7. The van der Waals surface area contributed by atoms with E-state index in [1.807, 2.05) is 19.1 Å². The first-order valence-electron chi connectivity index (χ1n) is 9.18. The maximum atomic E-state index is 12.8. The van der Waals surface area contributed by atoms with Gasteiger partial charge in [-0.15, -0.1) is 0 Å². The molecule has 2 heterocycles. The van der Waals surface area contributed by atoms with Crippen molar-refractivity contribution in [1.82, 2.24) is 4.98 Å². The molecule has 0 radical (unpaired) electrons. The monoisotopic (exact) mass is 420 g/mol. The molecule has 1 amide bonds. The number of aromatic nitrogens is 1. The Balaban J connectivity index is 1.53. The van der Waals surface area contributed by atoms with E-state index in [9.17, 15) is 9.59 Å². The standard InChI is InChI=1S/C23H17ClN2O4/c1-14-8-9-19(17(24)11-14)26-22(27)13-30-23(28)16-12-20(21-7-4-10-29-21)25-18-6-3-2-5-15(16)18/h2-12H,13H2,1H3,(H,26,27). The predicted molar refractivity (Wildman–Crippen MR) is 115 cm³/mol. The Bertz CT molecular complexity index is 1240. The van der Waals surface area contributed by atoms with Gasteiger partial charge >= 0.3 is 5.97 Å². The van der Waals surface area contributed by atoms with Gasteiger partial charge in [0.2, 0.25) is 0 Å². The zero-order valence-electron chi connectivity index (χ0n) is 16.0. The van der Waals surface area contributed by atoms with E-state index in [2.05, 4.69) is 10.3 Å². The highest BCUT2D eigenvalue weighted by molar-refractivity contribution is 6.33. The van der Waals surface area contributed by atoms with Gasteiger partial charge in [0.25, 0.3) is 5.91 Å². The molecule has 0 atom stereocenters. The third-order valence-electron chi connectivity index (χ3n) is 4.44. The van der Waals surface area contributed by atoms with Crippen molar-refractivity contribution in [3.8, 4) is 11.5 Å². The van der Waals surface area contributed by atoms with Crippen LogP contribution < -0.4 is 5.32 Å². The molecule has 4 aromatic rings. The summed E-state index contributed by atoms with van der Waals surface area (Å²) in [6, 6.07) is 17.6. The molecule has 0 saturated heterocycles. The Morgan fingerprint density at radius 1 is 1.10 bits per heavy atom. The molecule has 1 N–H and O–H groups in total. The van der Waals surface area contributed by atoms with Crippen LogP contribution in [-0.4, -0.2) is 23.5 Å². The molecule has 0 saturated carbocycles. The molecular formula is C23H17ClN2O4. The lowest BCUT2D eigenvalue weighted by Gasteiger charge is -2.10. The predicted octanol–water partition coefficient (Wildman–Crippen LogP) is 5.25. The number of aryl methyl sites for hydroxylation is 1. The Morgan fingerprint density at radius 3 is 2.70 bits per heavy atom. The van der Waals surface area contributed by atoms with Crippen molar-refractivity contribution in [2.24, 2.45) is 0 Å². The molecule has 6 nitrogen and oxygen atoms in total. The number of nitrogens with one attached hydrogen (secondary N) is 1. The number of nitrogens with zero attached hydrogens (tertiary/aromatic N) is 1. The van der Waals surface area contributed by atoms with Crippen LogP contribution in [-0.2, 0) is 9.53 Å². The molecule has 0 spiro atoms. The lowest BCUT2D eigenvalue weighted by Crippen LogP contribution is -2.21. The van der Waals surface area contributed by atoms with Crippen LogP contribution in [0.1, 0.15) is 15.9 Å². The second kappa shape index (κ2) is 8.39. The number of carbonyl (C=O) groups is 2. The Morgan fingerprint density at radius 2 is 1.93 bits per heavy atom. The number of furan rings is 1. The fraction of sp³-hybridized carbons (Fsp3) is 0.0870. The van der Waals surface area contributed by atoms with E-state index < -0.39 is 18.5 Å². The number of amides is 1. The molecule has 150 valence electrons. The summed E-state index contributed by atoms with van der Waals surface area (Å²) in [7, 11) is 0. The number of rotatable bonds is 5. The van der Waals surface area contributed by atoms with Gasteiger partial charge < -0.3 is 14.5 Å². The van der Waals surface area contributed by atoms with Crippen molar-refractivity contribution in [3.05, 3.63) is 83.1 Å². The van der Waals surface area contributed by atoms with Crippen LogP contribution in [0.3, 0.4) is 0 Å². The van der Waals surface area contributed by atoms with Crippen LogP contribution in [0.25, 0.3) is 22.4 Å². The number of para-hydroxylation sites is 1. The largest absolute Gasteiger partial charge is 0.463 e. The van der Waals surface area contributed by atoms with E-state index >= 15 is 0 Å². The van der Waals surface area contributed by atoms with Crippen molar-refractivity contribution < 1.29 is 18.7 Å². The lowest BCUT2D eigenvalue weighted by molar-refractivity contribution is -0.119. The van der Waals surface area contributed by atoms with Crippen LogP contribution in [0, 0.1) is 6.92 Å². The lowest BCUT2D eigenvalue weighted by atomic mass is 10.1. The van der Waals surface area contributed by atoms with Gasteiger partial charge in [0.1, 0.15) is 5.69 Å². The van der Waals surface area contributed by atoms with Crippen LogP contribution in [0.15, 0.2) is 71.3 Å². The first kappa shape index (κ1) is 19.7. The van der Waals surface area contributed by atoms with E-state index in [1.54, 1.807) is 48.5 Å². The van der Waals surface area contributed by atoms with Crippen LogP contribution >= 0.6 is 11.6 Å². The number of anilines is 1. The summed E-state index contributed by atoms with van der Waals surface area (Å²) in [5.74, 6) is -0.591. The minimum atomic E-state index is -0.633. The number of hydrogen-bond acceptors (Lipinski definition) is 5. The van der Waals surface area contributed by atoms with Gasteiger partial charge in [-0.05, 0) is 48.9 Å². The number of fused-ring (bicyclic) bond motifs is 1. The number of halogens is 1. The second-order valence-corrected chi connectivity index (χ2v) is 7.06. The molecule has 7 heteroatoms. The molecule has 30 heavy (non-hydrogen) atoms. The minimum absolute atomic E-state index is 0.299. The van der Waals surface area contributed by atoms with Crippen molar-refractivity contribution >= 4 is 40.1 Å². The highest BCUT2D eigenvalue weighted by Crippen LogP contribution is 2.26. The Kier molecular flexibility index (Phi) is 5.50. The third kappa shape index (κ3) is 4.18. The number of ether oxygens (including phenoxy) is 1. The van der Waals surface area contributed by atoms with E-state index in [0.29, 0.717) is 38.6 Å². The number of esters is 1. The van der Waals surface area contributed by atoms with Crippen LogP contribution in [0.2, 0.25) is 5.02 Å². The summed E-state index contributed by atoms with van der Waals surface area (Å²) in [5.41, 5.74) is 2.85. The van der Waals surface area contributed by atoms with Gasteiger partial charge in [0.15, 0.2) is 12.4 Å². The molecule has 0 unspecified atom stereocenters. The van der Waals surface area contributed by atoms with Crippen molar-refractivity contribution in [2.75, 3.05) is 11.9 Å². The fourth-order valence-electron chi connectivity index (χ4n) is 3.01. The molecule has 0 aliphatic rings. The van der Waals surface area contributed by atoms with E-state index in [-0.39, 0.29) is 0 Å². The van der Waals surface area contributed by atoms with Gasteiger partial charge in [-0.25, -0.2) is 9.78 Å². The molecule has 4 rings (SSSR count). The van der Waals surface area contributed by atoms with E-state index in [0.717, 1.165) is 5.56 Å². The average molecular weight is 421 g/mol. The van der Waals surface area contributed by atoms with Gasteiger partial charge in [0, 0.05) is 5.39 Å². The van der Waals surface area contributed by atoms with Gasteiger partial charge in [-0.1, -0.05) is 35.9 Å². The summed E-state index contributed by atoms with van der Waals surface area (Å²) in [6.45, 7) is 1.45. The maximum absolute atomic E-state index is 12.8. The molecule has 0 aliphatic heterocycles. The molecule has 0 bridgehead atoms. The zero-order valence-corrected chi connectivity index (χ0v) is 16.8. The highest BCUT2D eigenvalue weighted by atomic mass is 35.5.